The van der Waals surface area contributed by atoms with Crippen LogP contribution in [0.4, 0.5) is 18.9 Å². The first kappa shape index (κ1) is 14.6. The van der Waals surface area contributed by atoms with Crippen LogP contribution in [0.1, 0.15) is 17.5 Å². The smallest absolute Gasteiger partial charge is 0.396 e. The summed E-state index contributed by atoms with van der Waals surface area (Å²) in [4.78, 5) is 1.81. The number of hydrogen-bond acceptors (Lipinski definition) is 3. The molecule has 1 unspecified atom stereocenters. The standard InChI is InChI=1S/C13H16F3N3O/c14-13(15,16)11-5-9(1-2-10(11)12(17)18)19-4-3-8(6-19)7-20/h1-2,5,8,20H,3-4,6-7H2,(H3,17,18). The zero-order valence-corrected chi connectivity index (χ0v) is 10.7. The molecule has 1 heterocycles. The molecule has 2 rings (SSSR count). The van der Waals surface area contributed by atoms with Gasteiger partial charge in [-0.05, 0) is 24.6 Å². The molecule has 0 spiro atoms. The van der Waals surface area contributed by atoms with E-state index in [9.17, 15) is 13.2 Å². The van der Waals surface area contributed by atoms with Crippen molar-refractivity contribution in [3.05, 3.63) is 29.3 Å². The summed E-state index contributed by atoms with van der Waals surface area (Å²) in [6, 6.07) is 3.79. The van der Waals surface area contributed by atoms with Gasteiger partial charge in [0.1, 0.15) is 5.84 Å². The number of rotatable bonds is 3. The number of nitrogens with one attached hydrogen (secondary N) is 1. The van der Waals surface area contributed by atoms with E-state index in [-0.39, 0.29) is 18.1 Å². The topological polar surface area (TPSA) is 73.3 Å². The maximum Gasteiger partial charge on any atom is 0.417 e. The van der Waals surface area contributed by atoms with E-state index in [1.807, 2.05) is 0 Å². The summed E-state index contributed by atoms with van der Waals surface area (Å²) in [7, 11) is 0. The van der Waals surface area contributed by atoms with Gasteiger partial charge in [-0.2, -0.15) is 13.2 Å². The Morgan fingerprint density at radius 2 is 2.15 bits per heavy atom. The van der Waals surface area contributed by atoms with Crippen LogP contribution in [0.5, 0.6) is 0 Å². The number of anilines is 1. The predicted molar refractivity (Wildman–Crippen MR) is 69.9 cm³/mol. The highest BCUT2D eigenvalue weighted by Crippen LogP contribution is 2.35. The number of hydrogen-bond donors (Lipinski definition) is 3. The van der Waals surface area contributed by atoms with Crippen LogP contribution in [0, 0.1) is 11.3 Å². The lowest BCUT2D eigenvalue weighted by Crippen LogP contribution is -2.23. The SMILES string of the molecule is N=C(N)c1ccc(N2CCC(CO)C2)cc1C(F)(F)F. The van der Waals surface area contributed by atoms with Gasteiger partial charge in [0, 0.05) is 36.9 Å². The number of aliphatic hydroxyl groups is 1. The van der Waals surface area contributed by atoms with E-state index in [1.165, 1.54) is 12.1 Å². The van der Waals surface area contributed by atoms with Crippen LogP contribution in [0.2, 0.25) is 0 Å². The summed E-state index contributed by atoms with van der Waals surface area (Å²) >= 11 is 0. The van der Waals surface area contributed by atoms with Crippen LogP contribution in [-0.4, -0.2) is 30.6 Å². The number of benzene rings is 1. The number of halogens is 3. The molecule has 0 aliphatic carbocycles. The highest BCUT2D eigenvalue weighted by atomic mass is 19.4. The molecule has 1 aliphatic heterocycles. The highest BCUT2D eigenvalue weighted by molar-refractivity contribution is 5.97. The van der Waals surface area contributed by atoms with Gasteiger partial charge in [-0.3, -0.25) is 5.41 Å². The van der Waals surface area contributed by atoms with Gasteiger partial charge in [0.25, 0.3) is 0 Å². The van der Waals surface area contributed by atoms with E-state index in [0.717, 1.165) is 12.5 Å². The molecule has 0 bridgehead atoms. The summed E-state index contributed by atoms with van der Waals surface area (Å²) in [5.41, 5.74) is 4.44. The Hall–Kier alpha value is -1.76. The van der Waals surface area contributed by atoms with Crippen molar-refractivity contribution in [3.63, 3.8) is 0 Å². The lowest BCUT2D eigenvalue weighted by atomic mass is 10.0. The average molecular weight is 287 g/mol. The lowest BCUT2D eigenvalue weighted by molar-refractivity contribution is -0.137. The molecule has 1 atom stereocenters. The molecule has 0 amide bonds. The average Bonchev–Trinajstić information content (AvgIpc) is 2.85. The fourth-order valence-corrected chi connectivity index (χ4v) is 2.41. The number of nitrogens with zero attached hydrogens (tertiary/aromatic N) is 1. The summed E-state index contributed by atoms with van der Waals surface area (Å²) in [6.07, 6.45) is -3.79. The fraction of sp³-hybridized carbons (Fsp3) is 0.462. The van der Waals surface area contributed by atoms with Crippen molar-refractivity contribution in [2.24, 2.45) is 11.7 Å². The van der Waals surface area contributed by atoms with Crippen molar-refractivity contribution in [2.45, 2.75) is 12.6 Å². The minimum Gasteiger partial charge on any atom is -0.396 e. The first-order chi connectivity index (χ1) is 9.32. The summed E-state index contributed by atoms with van der Waals surface area (Å²) in [5.74, 6) is -0.504. The molecule has 7 heteroatoms. The molecule has 0 aromatic heterocycles. The van der Waals surface area contributed by atoms with Crippen LogP contribution < -0.4 is 10.6 Å². The molecule has 1 fully saturated rings. The Labute approximate surface area is 114 Å². The third-order valence-corrected chi connectivity index (χ3v) is 3.51. The van der Waals surface area contributed by atoms with Crippen LogP contribution in [0.3, 0.4) is 0 Å². The monoisotopic (exact) mass is 287 g/mol. The largest absolute Gasteiger partial charge is 0.417 e. The molecule has 4 N–H and O–H groups in total. The van der Waals surface area contributed by atoms with Gasteiger partial charge in [0.05, 0.1) is 5.56 Å². The number of amidine groups is 1. The predicted octanol–water partition coefficient (Wildman–Crippen LogP) is 1.81. The Kier molecular flexibility index (Phi) is 3.89. The molecule has 110 valence electrons. The van der Waals surface area contributed by atoms with Crippen molar-refractivity contribution in [3.8, 4) is 0 Å². The second kappa shape index (κ2) is 5.32. The Bertz CT molecular complexity index is 516. The van der Waals surface area contributed by atoms with Crippen LogP contribution in [0.25, 0.3) is 0 Å². The van der Waals surface area contributed by atoms with E-state index >= 15 is 0 Å². The highest BCUT2D eigenvalue weighted by Gasteiger charge is 2.35. The Balaban J connectivity index is 2.35. The third-order valence-electron chi connectivity index (χ3n) is 3.51. The van der Waals surface area contributed by atoms with Crippen molar-refractivity contribution in [2.75, 3.05) is 24.6 Å². The van der Waals surface area contributed by atoms with Crippen LogP contribution in [-0.2, 0) is 6.18 Å². The Morgan fingerprint density at radius 1 is 1.45 bits per heavy atom. The molecule has 1 saturated heterocycles. The minimum absolute atomic E-state index is 0.0359. The van der Waals surface area contributed by atoms with Gasteiger partial charge in [-0.1, -0.05) is 0 Å². The minimum atomic E-state index is -4.55. The number of nitrogens with two attached hydrogens (primary N) is 1. The van der Waals surface area contributed by atoms with Gasteiger partial charge in [-0.15, -0.1) is 0 Å². The van der Waals surface area contributed by atoms with Gasteiger partial charge < -0.3 is 15.7 Å². The summed E-state index contributed by atoms with van der Waals surface area (Å²) < 4.78 is 39.0. The normalized spacial score (nSPS) is 19.4. The molecule has 1 aromatic carbocycles. The first-order valence-electron chi connectivity index (χ1n) is 6.24. The second-order valence-electron chi connectivity index (χ2n) is 4.92. The summed E-state index contributed by atoms with van der Waals surface area (Å²) in [5, 5.41) is 16.3. The van der Waals surface area contributed by atoms with Crippen molar-refractivity contribution >= 4 is 11.5 Å². The number of alkyl halides is 3. The molecular weight excluding hydrogens is 271 g/mol. The van der Waals surface area contributed by atoms with E-state index in [2.05, 4.69) is 0 Å². The molecule has 1 aliphatic rings. The maximum atomic E-state index is 13.0. The zero-order valence-electron chi connectivity index (χ0n) is 10.7. The molecule has 0 radical (unpaired) electrons. The molecule has 0 saturated carbocycles. The molecule has 4 nitrogen and oxygen atoms in total. The van der Waals surface area contributed by atoms with Crippen LogP contribution >= 0.6 is 0 Å². The van der Waals surface area contributed by atoms with Crippen molar-refractivity contribution in [1.82, 2.24) is 0 Å². The lowest BCUT2D eigenvalue weighted by Gasteiger charge is -2.21. The third kappa shape index (κ3) is 2.87. The van der Waals surface area contributed by atoms with E-state index in [4.69, 9.17) is 16.2 Å². The van der Waals surface area contributed by atoms with Gasteiger partial charge in [0.15, 0.2) is 0 Å². The van der Waals surface area contributed by atoms with Crippen LogP contribution in [0.15, 0.2) is 18.2 Å². The first-order valence-corrected chi connectivity index (χ1v) is 6.24. The quantitative estimate of drug-likeness (QED) is 0.586. The molecular formula is C13H16F3N3O. The number of nitrogen functional groups attached to an aromatic ring is 1. The van der Waals surface area contributed by atoms with Gasteiger partial charge in [-0.25, -0.2) is 0 Å². The molecule has 1 aromatic rings. The van der Waals surface area contributed by atoms with E-state index in [0.29, 0.717) is 18.8 Å². The summed E-state index contributed by atoms with van der Waals surface area (Å²) in [6.45, 7) is 1.18. The fourth-order valence-electron chi connectivity index (χ4n) is 2.41. The Morgan fingerprint density at radius 3 is 2.65 bits per heavy atom. The van der Waals surface area contributed by atoms with Gasteiger partial charge in [0.2, 0.25) is 0 Å². The van der Waals surface area contributed by atoms with E-state index in [1.54, 1.807) is 4.90 Å². The zero-order chi connectivity index (χ0) is 14.9. The van der Waals surface area contributed by atoms with Crippen molar-refractivity contribution < 1.29 is 18.3 Å². The van der Waals surface area contributed by atoms with Crippen molar-refractivity contribution in [1.29, 1.82) is 5.41 Å². The molecule has 20 heavy (non-hydrogen) atoms. The second-order valence-corrected chi connectivity index (χ2v) is 4.92. The maximum absolute atomic E-state index is 13.0. The van der Waals surface area contributed by atoms with Gasteiger partial charge >= 0.3 is 6.18 Å². The number of aliphatic hydroxyl groups excluding tert-OH is 1. The van der Waals surface area contributed by atoms with E-state index < -0.39 is 17.6 Å².